The molecule has 4 rings (SSSR count). The predicted octanol–water partition coefficient (Wildman–Crippen LogP) is 5.06. The van der Waals surface area contributed by atoms with E-state index < -0.39 is 5.25 Å². The second-order valence-corrected chi connectivity index (χ2v) is 10.1. The van der Waals surface area contributed by atoms with E-state index in [4.69, 9.17) is 9.73 Å². The number of aliphatic imine (C=N–C) groups is 1. The Labute approximate surface area is 199 Å². The highest BCUT2D eigenvalue weighted by atomic mass is 32.2. The second kappa shape index (κ2) is 10.1. The fourth-order valence-corrected chi connectivity index (χ4v) is 5.23. The van der Waals surface area contributed by atoms with Crippen molar-refractivity contribution in [3.63, 3.8) is 0 Å². The lowest BCUT2D eigenvalue weighted by Crippen LogP contribution is -2.38. The molecule has 2 amide bonds. The molecule has 2 aliphatic rings. The summed E-state index contributed by atoms with van der Waals surface area (Å²) in [4.78, 5) is 32.8. The third kappa shape index (κ3) is 5.65. The molecule has 0 spiro atoms. The summed E-state index contributed by atoms with van der Waals surface area (Å²) < 4.78 is 5.79. The Kier molecular flexibility index (Phi) is 7.20. The normalized spacial score (nSPS) is 21.8. The highest BCUT2D eigenvalue weighted by molar-refractivity contribution is 8.15. The number of thioether (sulfide) groups is 1. The topological polar surface area (TPSA) is 71.0 Å². The molecule has 7 heteroatoms. The number of amidine groups is 1. The molecule has 2 aliphatic heterocycles. The largest absolute Gasteiger partial charge is 0.376 e. The minimum Gasteiger partial charge on any atom is -0.376 e. The minimum atomic E-state index is -0.500. The van der Waals surface area contributed by atoms with Crippen LogP contribution >= 0.6 is 11.8 Å². The first kappa shape index (κ1) is 23.5. The molecule has 0 aromatic heterocycles. The van der Waals surface area contributed by atoms with Gasteiger partial charge in [-0.3, -0.25) is 14.5 Å². The number of anilines is 1. The van der Waals surface area contributed by atoms with Crippen molar-refractivity contribution < 1.29 is 14.3 Å². The Morgan fingerprint density at radius 2 is 1.85 bits per heavy atom. The van der Waals surface area contributed by atoms with Gasteiger partial charge in [0, 0.05) is 18.7 Å². The average molecular weight is 466 g/mol. The number of carbonyl (C=O) groups excluding carboxylic acids is 2. The zero-order valence-corrected chi connectivity index (χ0v) is 20.5. The number of hydrogen-bond acceptors (Lipinski definition) is 5. The standard InChI is InChI=1S/C26H31N3O3S/c1-16-7-9-18(3)21(12-16)27-24(30)14-23-25(31)29(15-20-6-5-11-32-20)26(33-23)28-22-13-17(2)8-10-19(22)4/h7-10,12-13,20,23H,5-6,11,14-15H2,1-4H3,(H,27,30). The highest BCUT2D eigenvalue weighted by Gasteiger charge is 2.40. The summed E-state index contributed by atoms with van der Waals surface area (Å²) >= 11 is 1.38. The van der Waals surface area contributed by atoms with Gasteiger partial charge in [0.1, 0.15) is 5.25 Å². The zero-order chi connectivity index (χ0) is 23.5. The van der Waals surface area contributed by atoms with Gasteiger partial charge in [-0.05, 0) is 74.9 Å². The van der Waals surface area contributed by atoms with E-state index in [1.807, 2.05) is 58.0 Å². The number of nitrogens with one attached hydrogen (secondary N) is 1. The van der Waals surface area contributed by atoms with Gasteiger partial charge in [-0.1, -0.05) is 36.0 Å². The molecule has 2 aromatic rings. The van der Waals surface area contributed by atoms with Crippen LogP contribution in [0.3, 0.4) is 0 Å². The molecule has 2 saturated heterocycles. The molecule has 174 valence electrons. The van der Waals surface area contributed by atoms with Crippen LogP contribution in [0, 0.1) is 27.7 Å². The quantitative estimate of drug-likeness (QED) is 0.647. The smallest absolute Gasteiger partial charge is 0.242 e. The zero-order valence-electron chi connectivity index (χ0n) is 19.7. The van der Waals surface area contributed by atoms with Crippen LogP contribution in [0.4, 0.5) is 11.4 Å². The van der Waals surface area contributed by atoms with Gasteiger partial charge in [-0.15, -0.1) is 0 Å². The summed E-state index contributed by atoms with van der Waals surface area (Å²) in [5, 5.41) is 3.13. The fraction of sp³-hybridized carbons (Fsp3) is 0.423. The SMILES string of the molecule is Cc1ccc(C)c(N=C2SC(CC(=O)Nc3cc(C)ccc3C)C(=O)N2CC2CCCO2)c1. The average Bonchev–Trinajstić information content (AvgIpc) is 3.38. The van der Waals surface area contributed by atoms with Crippen molar-refractivity contribution in [1.82, 2.24) is 4.90 Å². The maximum atomic E-state index is 13.3. The lowest BCUT2D eigenvalue weighted by Gasteiger charge is -2.20. The van der Waals surface area contributed by atoms with Gasteiger partial charge in [-0.25, -0.2) is 4.99 Å². The lowest BCUT2D eigenvalue weighted by atomic mass is 10.1. The van der Waals surface area contributed by atoms with E-state index in [0.29, 0.717) is 11.7 Å². The van der Waals surface area contributed by atoms with Crippen LogP contribution < -0.4 is 5.32 Å². The van der Waals surface area contributed by atoms with Gasteiger partial charge in [0.15, 0.2) is 5.17 Å². The summed E-state index contributed by atoms with van der Waals surface area (Å²) in [5.74, 6) is -0.240. The molecule has 2 fully saturated rings. The van der Waals surface area contributed by atoms with Gasteiger partial charge in [0.25, 0.3) is 0 Å². The third-order valence-electron chi connectivity index (χ3n) is 6.05. The maximum absolute atomic E-state index is 13.3. The van der Waals surface area contributed by atoms with E-state index in [1.165, 1.54) is 11.8 Å². The molecule has 0 bridgehead atoms. The molecule has 2 heterocycles. The Hall–Kier alpha value is -2.64. The summed E-state index contributed by atoms with van der Waals surface area (Å²) in [6.45, 7) is 9.20. The Morgan fingerprint density at radius 1 is 1.12 bits per heavy atom. The van der Waals surface area contributed by atoms with E-state index in [2.05, 4.69) is 11.4 Å². The van der Waals surface area contributed by atoms with E-state index in [1.54, 1.807) is 4.90 Å². The monoisotopic (exact) mass is 465 g/mol. The van der Waals surface area contributed by atoms with Crippen molar-refractivity contribution in [2.75, 3.05) is 18.5 Å². The highest BCUT2D eigenvalue weighted by Crippen LogP contribution is 2.34. The van der Waals surface area contributed by atoms with Crippen LogP contribution in [0.1, 0.15) is 41.5 Å². The van der Waals surface area contributed by atoms with Gasteiger partial charge >= 0.3 is 0 Å². The molecule has 1 N–H and O–H groups in total. The summed E-state index contributed by atoms with van der Waals surface area (Å²) in [6, 6.07) is 12.1. The number of hydrogen-bond donors (Lipinski definition) is 1. The van der Waals surface area contributed by atoms with Crippen molar-refractivity contribution in [3.8, 4) is 0 Å². The minimum absolute atomic E-state index is 0.0147. The first-order chi connectivity index (χ1) is 15.8. The second-order valence-electron chi connectivity index (χ2n) is 8.95. The number of benzene rings is 2. The van der Waals surface area contributed by atoms with Crippen LogP contribution in [0.2, 0.25) is 0 Å². The molecule has 0 saturated carbocycles. The number of carbonyl (C=O) groups is 2. The molecule has 2 unspecified atom stereocenters. The molecular weight excluding hydrogens is 434 g/mol. The van der Waals surface area contributed by atoms with Crippen LogP contribution in [-0.4, -0.2) is 46.4 Å². The van der Waals surface area contributed by atoms with Crippen LogP contribution in [0.15, 0.2) is 41.4 Å². The number of aryl methyl sites for hydroxylation is 4. The Bertz CT molecular complexity index is 1090. The van der Waals surface area contributed by atoms with E-state index in [9.17, 15) is 9.59 Å². The Morgan fingerprint density at radius 3 is 2.58 bits per heavy atom. The van der Waals surface area contributed by atoms with E-state index in [-0.39, 0.29) is 24.3 Å². The number of rotatable bonds is 6. The summed E-state index contributed by atoms with van der Waals surface area (Å²) in [5.41, 5.74) is 5.88. The van der Waals surface area contributed by atoms with Crippen LogP contribution in [0.25, 0.3) is 0 Å². The lowest BCUT2D eigenvalue weighted by molar-refractivity contribution is -0.129. The molecule has 33 heavy (non-hydrogen) atoms. The van der Waals surface area contributed by atoms with Gasteiger partial charge in [0.2, 0.25) is 11.8 Å². The maximum Gasteiger partial charge on any atom is 0.242 e. The van der Waals surface area contributed by atoms with Crippen molar-refractivity contribution >= 4 is 40.1 Å². The first-order valence-electron chi connectivity index (χ1n) is 11.4. The third-order valence-corrected chi connectivity index (χ3v) is 7.22. The predicted molar refractivity (Wildman–Crippen MR) is 134 cm³/mol. The van der Waals surface area contributed by atoms with Crippen LogP contribution in [0.5, 0.6) is 0 Å². The molecule has 2 atom stereocenters. The van der Waals surface area contributed by atoms with Gasteiger partial charge in [-0.2, -0.15) is 0 Å². The first-order valence-corrected chi connectivity index (χ1v) is 12.3. The number of ether oxygens (including phenoxy) is 1. The fourth-order valence-electron chi connectivity index (χ4n) is 4.07. The summed E-state index contributed by atoms with van der Waals surface area (Å²) in [7, 11) is 0. The molecule has 0 aliphatic carbocycles. The van der Waals surface area contributed by atoms with E-state index in [0.717, 1.165) is 53.1 Å². The van der Waals surface area contributed by atoms with E-state index >= 15 is 0 Å². The van der Waals surface area contributed by atoms with Gasteiger partial charge in [0.05, 0.1) is 18.3 Å². The van der Waals surface area contributed by atoms with Crippen molar-refractivity contribution in [2.45, 2.75) is 58.3 Å². The molecular formula is C26H31N3O3S. The van der Waals surface area contributed by atoms with Crippen molar-refractivity contribution in [1.29, 1.82) is 0 Å². The molecule has 0 radical (unpaired) electrons. The van der Waals surface area contributed by atoms with Crippen molar-refractivity contribution in [3.05, 3.63) is 58.7 Å². The number of nitrogens with zero attached hydrogens (tertiary/aromatic N) is 2. The number of amides is 2. The van der Waals surface area contributed by atoms with Crippen LogP contribution in [-0.2, 0) is 14.3 Å². The summed E-state index contributed by atoms with van der Waals surface area (Å²) in [6.07, 6.45) is 2.06. The molecule has 6 nitrogen and oxygen atoms in total. The Balaban J connectivity index is 1.54. The van der Waals surface area contributed by atoms with Gasteiger partial charge < -0.3 is 10.1 Å². The molecule has 2 aromatic carbocycles. The van der Waals surface area contributed by atoms with Crippen molar-refractivity contribution in [2.24, 2.45) is 4.99 Å².